The minimum atomic E-state index is -4.77. The van der Waals surface area contributed by atoms with Crippen molar-refractivity contribution in [3.05, 3.63) is 0 Å². The summed E-state index contributed by atoms with van der Waals surface area (Å²) in [6.45, 7) is 0.796. The minimum absolute atomic E-state index is 0.0261. The Morgan fingerprint density at radius 3 is 2.20 bits per heavy atom. The monoisotopic (exact) mass is 284 g/mol. The molecule has 0 aliphatic rings. The van der Waals surface area contributed by atoms with E-state index >= 15 is 0 Å². The number of hydrogen-bond acceptors (Lipinski definition) is 5. The molecule has 0 fully saturated rings. The first-order valence-corrected chi connectivity index (χ1v) is 7.18. The van der Waals surface area contributed by atoms with Crippen molar-refractivity contribution in [1.82, 2.24) is 0 Å². The average Bonchev–Trinajstić information content (AvgIpc) is 1.95. The van der Waals surface area contributed by atoms with Gasteiger partial charge in [-0.1, -0.05) is 0 Å². The molecule has 3 N–H and O–H groups in total. The molecule has 92 valence electrons. The Morgan fingerprint density at radius 1 is 1.27 bits per heavy atom. The number of phosphoric ester groups is 2. The van der Waals surface area contributed by atoms with Crippen LogP contribution in [0.4, 0.5) is 0 Å². The van der Waals surface area contributed by atoms with Gasteiger partial charge in [0.1, 0.15) is 0 Å². The second-order valence-electron chi connectivity index (χ2n) is 2.26. The van der Waals surface area contributed by atoms with Crippen LogP contribution in [0.15, 0.2) is 0 Å². The molecule has 2 unspecified atom stereocenters. The lowest BCUT2D eigenvalue weighted by Crippen LogP contribution is -2.11. The lowest BCUT2D eigenvalue weighted by atomic mass is 10.8. The topological polar surface area (TPSA) is 123 Å². The van der Waals surface area contributed by atoms with E-state index in [1.54, 1.807) is 0 Å². The molecule has 0 amide bonds. The van der Waals surface area contributed by atoms with E-state index in [9.17, 15) is 9.13 Å². The molecule has 0 aromatic carbocycles. The van der Waals surface area contributed by atoms with Gasteiger partial charge in [-0.05, 0) is 6.92 Å². The van der Waals surface area contributed by atoms with Crippen LogP contribution in [0.1, 0.15) is 6.92 Å². The summed E-state index contributed by atoms with van der Waals surface area (Å²) >= 11 is 5.18. The molecule has 11 heteroatoms. The highest BCUT2D eigenvalue weighted by Crippen LogP contribution is 2.47. The third-order valence-electron chi connectivity index (χ3n) is 0.899. The fourth-order valence-corrected chi connectivity index (χ4v) is 2.06. The Labute approximate surface area is 91.0 Å². The molecule has 2 atom stereocenters. The van der Waals surface area contributed by atoms with E-state index in [2.05, 4.69) is 13.6 Å². The van der Waals surface area contributed by atoms with E-state index in [0.717, 1.165) is 6.92 Å². The van der Waals surface area contributed by atoms with Gasteiger partial charge in [-0.15, -0.1) is 11.6 Å². The summed E-state index contributed by atoms with van der Waals surface area (Å²) in [5.41, 5.74) is 0. The first-order valence-electron chi connectivity index (χ1n) is 3.62. The van der Waals surface area contributed by atoms with Gasteiger partial charge in [0.05, 0.1) is 6.61 Å². The van der Waals surface area contributed by atoms with Crippen molar-refractivity contribution in [1.29, 1.82) is 0 Å². The number of halogens is 1. The molecular formula is C4H11ClO8P2. The Morgan fingerprint density at radius 2 is 1.80 bits per heavy atom. The molecule has 0 aliphatic carbocycles. The molecule has 0 saturated heterocycles. The van der Waals surface area contributed by atoms with Gasteiger partial charge in [0.25, 0.3) is 0 Å². The van der Waals surface area contributed by atoms with Crippen LogP contribution in [0.2, 0.25) is 0 Å². The zero-order valence-corrected chi connectivity index (χ0v) is 10.2. The standard InChI is InChI=1S/C4H11ClO8P2/c1-4(12-14(6,7)8)13-15(9,10)11-3-2-5/h4H,2-3H2,1H3,(H,9,10)(H2,6,7,8). The van der Waals surface area contributed by atoms with E-state index in [4.69, 9.17) is 26.3 Å². The van der Waals surface area contributed by atoms with Gasteiger partial charge >= 0.3 is 15.6 Å². The molecule has 8 nitrogen and oxygen atoms in total. The van der Waals surface area contributed by atoms with Gasteiger partial charge in [0.15, 0.2) is 6.29 Å². The van der Waals surface area contributed by atoms with Crippen molar-refractivity contribution in [2.45, 2.75) is 13.2 Å². The van der Waals surface area contributed by atoms with Gasteiger partial charge in [0.2, 0.25) is 0 Å². The first kappa shape index (κ1) is 15.5. The summed E-state index contributed by atoms with van der Waals surface area (Å²) in [4.78, 5) is 25.6. The van der Waals surface area contributed by atoms with Gasteiger partial charge in [-0.25, -0.2) is 9.13 Å². The summed E-state index contributed by atoms with van der Waals surface area (Å²) in [5, 5.41) is 0. The van der Waals surface area contributed by atoms with Crippen LogP contribution in [0.5, 0.6) is 0 Å². The number of hydrogen-bond donors (Lipinski definition) is 3. The zero-order valence-electron chi connectivity index (χ0n) is 7.65. The molecule has 0 aromatic rings. The molecule has 0 aromatic heterocycles. The first-order chi connectivity index (χ1) is 6.66. The van der Waals surface area contributed by atoms with Crippen molar-refractivity contribution in [2.75, 3.05) is 12.5 Å². The van der Waals surface area contributed by atoms with Gasteiger partial charge in [0, 0.05) is 5.88 Å². The highest BCUT2D eigenvalue weighted by molar-refractivity contribution is 7.47. The zero-order chi connectivity index (χ0) is 12.1. The van der Waals surface area contributed by atoms with E-state index in [-0.39, 0.29) is 12.5 Å². The molecular weight excluding hydrogens is 273 g/mol. The van der Waals surface area contributed by atoms with Crippen LogP contribution in [0, 0.1) is 0 Å². The Kier molecular flexibility index (Phi) is 6.51. The third-order valence-corrected chi connectivity index (χ3v) is 2.70. The molecule has 0 bridgehead atoms. The molecule has 0 heterocycles. The molecule has 0 saturated carbocycles. The SMILES string of the molecule is CC(OP(=O)(O)O)OP(=O)(O)OCCCl. The lowest BCUT2D eigenvalue weighted by molar-refractivity contribution is -0.0246. The maximum atomic E-state index is 11.0. The van der Waals surface area contributed by atoms with Crippen LogP contribution < -0.4 is 0 Å². The van der Waals surface area contributed by atoms with Gasteiger partial charge in [-0.2, -0.15) is 0 Å². The number of alkyl halides is 1. The fraction of sp³-hybridized carbons (Fsp3) is 1.00. The third kappa shape index (κ3) is 9.44. The van der Waals surface area contributed by atoms with E-state index in [0.29, 0.717) is 0 Å². The minimum Gasteiger partial charge on any atom is -0.303 e. The molecule has 15 heavy (non-hydrogen) atoms. The van der Waals surface area contributed by atoms with E-state index in [1.807, 2.05) is 0 Å². The predicted octanol–water partition coefficient (Wildman–Crippen LogP) is 0.814. The highest BCUT2D eigenvalue weighted by Gasteiger charge is 2.28. The van der Waals surface area contributed by atoms with Crippen LogP contribution in [-0.4, -0.2) is 33.5 Å². The van der Waals surface area contributed by atoms with Crippen molar-refractivity contribution in [3.63, 3.8) is 0 Å². The van der Waals surface area contributed by atoms with Crippen LogP contribution in [-0.2, 0) is 22.7 Å². The summed E-state index contributed by atoms with van der Waals surface area (Å²) < 4.78 is 33.8. The summed E-state index contributed by atoms with van der Waals surface area (Å²) in [6.07, 6.45) is -1.59. The summed E-state index contributed by atoms with van der Waals surface area (Å²) in [6, 6.07) is 0. The van der Waals surface area contributed by atoms with Crippen molar-refractivity contribution in [3.8, 4) is 0 Å². The Hall–Kier alpha value is 0.510. The van der Waals surface area contributed by atoms with Crippen LogP contribution in [0.3, 0.4) is 0 Å². The predicted molar refractivity (Wildman–Crippen MR) is 50.2 cm³/mol. The van der Waals surface area contributed by atoms with Gasteiger partial charge < -0.3 is 14.7 Å². The Balaban J connectivity index is 4.10. The number of phosphoric acid groups is 2. The molecule has 0 radical (unpaired) electrons. The second-order valence-corrected chi connectivity index (χ2v) is 5.24. The maximum Gasteiger partial charge on any atom is 0.474 e. The van der Waals surface area contributed by atoms with Crippen molar-refractivity contribution >= 4 is 27.2 Å². The quantitative estimate of drug-likeness (QED) is 0.356. The molecule has 0 aliphatic heterocycles. The van der Waals surface area contributed by atoms with Crippen LogP contribution in [0.25, 0.3) is 0 Å². The average molecular weight is 285 g/mol. The van der Waals surface area contributed by atoms with Crippen LogP contribution >= 0.6 is 27.2 Å². The smallest absolute Gasteiger partial charge is 0.303 e. The largest absolute Gasteiger partial charge is 0.474 e. The molecule has 0 spiro atoms. The van der Waals surface area contributed by atoms with Gasteiger partial charge in [-0.3, -0.25) is 13.6 Å². The van der Waals surface area contributed by atoms with E-state index in [1.165, 1.54) is 0 Å². The summed E-state index contributed by atoms with van der Waals surface area (Å²) in [5.74, 6) is -0.0261. The number of rotatable bonds is 7. The normalized spacial score (nSPS) is 18.5. The fourth-order valence-electron chi connectivity index (χ4n) is 0.580. The summed E-state index contributed by atoms with van der Waals surface area (Å²) in [7, 11) is -9.18. The maximum absolute atomic E-state index is 11.0. The van der Waals surface area contributed by atoms with Crippen molar-refractivity contribution < 1.29 is 37.4 Å². The highest BCUT2D eigenvalue weighted by atomic mass is 35.5. The molecule has 0 rings (SSSR count). The van der Waals surface area contributed by atoms with E-state index < -0.39 is 21.9 Å². The Bertz CT molecular complexity index is 276. The lowest BCUT2D eigenvalue weighted by Gasteiger charge is -2.17. The second kappa shape index (κ2) is 6.30. The van der Waals surface area contributed by atoms with Crippen molar-refractivity contribution in [2.24, 2.45) is 0 Å².